The van der Waals surface area contributed by atoms with Crippen molar-refractivity contribution in [3.63, 3.8) is 0 Å². The summed E-state index contributed by atoms with van der Waals surface area (Å²) < 4.78 is 5.73. The lowest BCUT2D eigenvalue weighted by Crippen LogP contribution is -2.55. The third-order valence-corrected chi connectivity index (χ3v) is 8.33. The van der Waals surface area contributed by atoms with Crippen LogP contribution in [0.5, 0.6) is 0 Å². The monoisotopic (exact) mass is 512 g/mol. The molecule has 2 N–H and O–H groups in total. The number of anilines is 1. The van der Waals surface area contributed by atoms with E-state index >= 15 is 0 Å². The lowest BCUT2D eigenvalue weighted by Gasteiger charge is -2.41. The summed E-state index contributed by atoms with van der Waals surface area (Å²) in [6.07, 6.45) is 7.34. The van der Waals surface area contributed by atoms with E-state index < -0.39 is 11.5 Å². The molecule has 1 aromatic rings. The third-order valence-electron chi connectivity index (χ3n) is 8.33. The number of rotatable bonds is 2. The second kappa shape index (κ2) is 12.3. The van der Waals surface area contributed by atoms with Gasteiger partial charge in [-0.1, -0.05) is 12.5 Å². The van der Waals surface area contributed by atoms with Gasteiger partial charge in [0.25, 0.3) is 5.91 Å². The topological polar surface area (TPSA) is 91.0 Å². The molecule has 8 heteroatoms. The minimum atomic E-state index is -0.618. The van der Waals surface area contributed by atoms with Crippen LogP contribution in [0.1, 0.15) is 81.1 Å². The van der Waals surface area contributed by atoms with E-state index in [9.17, 15) is 14.4 Å². The number of aryl methyl sites for hydroxylation is 1. The van der Waals surface area contributed by atoms with Gasteiger partial charge in [0.1, 0.15) is 6.04 Å². The summed E-state index contributed by atoms with van der Waals surface area (Å²) >= 11 is 0. The fraction of sp³-hybridized carbons (Fsp3) is 0.690. The van der Waals surface area contributed by atoms with Crippen molar-refractivity contribution in [2.45, 2.75) is 84.2 Å². The van der Waals surface area contributed by atoms with Gasteiger partial charge < -0.3 is 25.2 Å². The zero-order valence-corrected chi connectivity index (χ0v) is 22.8. The van der Waals surface area contributed by atoms with Crippen LogP contribution in [0.2, 0.25) is 0 Å². The number of ether oxygens (including phenoxy) is 1. The number of carbonyl (C=O) groups is 3. The normalized spacial score (nSPS) is 25.9. The van der Waals surface area contributed by atoms with Gasteiger partial charge in [0.15, 0.2) is 0 Å². The number of nitrogens with one attached hydrogen (secondary N) is 2. The molecule has 0 unspecified atom stereocenters. The van der Waals surface area contributed by atoms with Crippen LogP contribution in [0.15, 0.2) is 18.2 Å². The van der Waals surface area contributed by atoms with E-state index in [0.717, 1.165) is 43.6 Å². The quantitative estimate of drug-likeness (QED) is 0.634. The van der Waals surface area contributed by atoms with E-state index in [-0.39, 0.29) is 23.8 Å². The van der Waals surface area contributed by atoms with Gasteiger partial charge in [-0.25, -0.2) is 0 Å². The molecular weight excluding hydrogens is 468 g/mol. The van der Waals surface area contributed by atoms with E-state index in [1.54, 1.807) is 6.92 Å². The Balaban J connectivity index is 1.44. The van der Waals surface area contributed by atoms with Crippen molar-refractivity contribution in [3.05, 3.63) is 29.3 Å². The Kier molecular flexibility index (Phi) is 9.11. The van der Waals surface area contributed by atoms with Crippen molar-refractivity contribution in [2.75, 3.05) is 44.3 Å². The van der Waals surface area contributed by atoms with Crippen LogP contribution in [0.3, 0.4) is 0 Å². The molecule has 1 aromatic carbocycles. The minimum absolute atomic E-state index is 0.0355. The molecule has 204 valence electrons. The summed E-state index contributed by atoms with van der Waals surface area (Å²) in [7, 11) is 0. The summed E-state index contributed by atoms with van der Waals surface area (Å²) in [6.45, 7) is 9.98. The summed E-state index contributed by atoms with van der Waals surface area (Å²) in [5, 5.41) is 5.89. The molecule has 0 radical (unpaired) electrons. The molecule has 3 fully saturated rings. The fourth-order valence-corrected chi connectivity index (χ4v) is 5.88. The van der Waals surface area contributed by atoms with Crippen molar-refractivity contribution in [3.8, 4) is 0 Å². The predicted octanol–water partition coefficient (Wildman–Crippen LogP) is 3.42. The van der Waals surface area contributed by atoms with Gasteiger partial charge in [0.2, 0.25) is 11.8 Å². The molecule has 3 heterocycles. The third kappa shape index (κ3) is 6.64. The number of nitrogens with zero attached hydrogens (tertiary/aromatic N) is 2. The highest BCUT2D eigenvalue weighted by molar-refractivity contribution is 5.96. The summed E-state index contributed by atoms with van der Waals surface area (Å²) in [5.41, 5.74) is 2.51. The molecule has 37 heavy (non-hydrogen) atoms. The number of piperidine rings is 2. The summed E-state index contributed by atoms with van der Waals surface area (Å²) in [5.74, 6) is -0.235. The molecule has 3 aliphatic rings. The molecule has 0 aliphatic carbocycles. The van der Waals surface area contributed by atoms with Crippen LogP contribution >= 0.6 is 0 Å². The highest BCUT2D eigenvalue weighted by Crippen LogP contribution is 2.38. The van der Waals surface area contributed by atoms with Crippen molar-refractivity contribution in [1.29, 1.82) is 0 Å². The first kappa shape index (κ1) is 27.4. The van der Waals surface area contributed by atoms with Crippen molar-refractivity contribution in [2.24, 2.45) is 5.41 Å². The highest BCUT2D eigenvalue weighted by atomic mass is 16.5. The Morgan fingerprint density at radius 3 is 2.41 bits per heavy atom. The SMILES string of the molecule is Cc1ccc(C(=O)N2CCC3(CCCCOC[C@H](C)NC(=O)[C@H](C)NC3=O)CC2)cc1N1CCCCC1. The van der Waals surface area contributed by atoms with Crippen LogP contribution < -0.4 is 15.5 Å². The molecule has 0 saturated carbocycles. The summed E-state index contributed by atoms with van der Waals surface area (Å²) in [4.78, 5) is 43.9. The smallest absolute Gasteiger partial charge is 0.253 e. The minimum Gasteiger partial charge on any atom is -0.379 e. The summed E-state index contributed by atoms with van der Waals surface area (Å²) in [6, 6.07) is 5.32. The molecule has 3 saturated heterocycles. The fourth-order valence-electron chi connectivity index (χ4n) is 5.88. The maximum atomic E-state index is 13.5. The zero-order chi connectivity index (χ0) is 26.4. The first-order valence-electron chi connectivity index (χ1n) is 14.1. The van der Waals surface area contributed by atoms with Crippen molar-refractivity contribution >= 4 is 23.4 Å². The molecule has 3 amide bonds. The number of carbonyl (C=O) groups excluding carboxylic acids is 3. The van der Waals surface area contributed by atoms with E-state index in [1.807, 2.05) is 17.9 Å². The molecular formula is C29H44N4O4. The van der Waals surface area contributed by atoms with Gasteiger partial charge in [-0.2, -0.15) is 0 Å². The largest absolute Gasteiger partial charge is 0.379 e. The van der Waals surface area contributed by atoms with Gasteiger partial charge in [-0.3, -0.25) is 14.4 Å². The second-order valence-electron chi connectivity index (χ2n) is 11.3. The Morgan fingerprint density at radius 2 is 1.68 bits per heavy atom. The molecule has 0 bridgehead atoms. The zero-order valence-electron chi connectivity index (χ0n) is 22.8. The van der Waals surface area contributed by atoms with Gasteiger partial charge in [-0.15, -0.1) is 0 Å². The Bertz CT molecular complexity index is 967. The maximum absolute atomic E-state index is 13.5. The molecule has 3 aliphatic heterocycles. The first-order valence-corrected chi connectivity index (χ1v) is 14.1. The van der Waals surface area contributed by atoms with Crippen LogP contribution in [0, 0.1) is 12.3 Å². The molecule has 0 aromatic heterocycles. The van der Waals surface area contributed by atoms with Gasteiger partial charge in [0, 0.05) is 50.1 Å². The number of likely N-dealkylation sites (tertiary alicyclic amines) is 1. The standard InChI is InChI=1S/C29H44N4O4/c1-21-9-10-24(19-25(21)32-14-6-4-7-15-32)27(35)33-16-12-29(13-17-33)11-5-8-18-37-20-22(2)30-26(34)23(3)31-28(29)36/h9-10,19,22-23H,4-8,11-18,20H2,1-3H3,(H,30,34)(H,31,36)/t22-,23-/m0/s1. The Hall–Kier alpha value is -2.61. The van der Waals surface area contributed by atoms with Crippen molar-refractivity contribution < 1.29 is 19.1 Å². The Labute approximate surface area is 221 Å². The van der Waals surface area contributed by atoms with Gasteiger partial charge in [0.05, 0.1) is 12.0 Å². The van der Waals surface area contributed by atoms with Crippen molar-refractivity contribution in [1.82, 2.24) is 15.5 Å². The Morgan fingerprint density at radius 1 is 0.946 bits per heavy atom. The second-order valence-corrected chi connectivity index (χ2v) is 11.3. The van der Waals surface area contributed by atoms with Crippen LogP contribution in [0.4, 0.5) is 5.69 Å². The number of amides is 3. The van der Waals surface area contributed by atoms with E-state index in [0.29, 0.717) is 39.1 Å². The van der Waals surface area contributed by atoms with E-state index in [1.165, 1.54) is 24.8 Å². The van der Waals surface area contributed by atoms with Crippen LogP contribution in [0.25, 0.3) is 0 Å². The van der Waals surface area contributed by atoms with Gasteiger partial charge in [-0.05, 0) is 83.4 Å². The first-order chi connectivity index (χ1) is 17.8. The molecule has 1 spiro atoms. The lowest BCUT2D eigenvalue weighted by atomic mass is 9.73. The number of hydrogen-bond donors (Lipinski definition) is 2. The number of hydrogen-bond acceptors (Lipinski definition) is 5. The van der Waals surface area contributed by atoms with Crippen LogP contribution in [-0.2, 0) is 14.3 Å². The van der Waals surface area contributed by atoms with E-state index in [2.05, 4.69) is 34.6 Å². The molecule has 4 rings (SSSR count). The number of benzene rings is 1. The van der Waals surface area contributed by atoms with Crippen LogP contribution in [-0.4, -0.2) is 74.1 Å². The molecule has 8 nitrogen and oxygen atoms in total. The van der Waals surface area contributed by atoms with Gasteiger partial charge >= 0.3 is 0 Å². The highest BCUT2D eigenvalue weighted by Gasteiger charge is 2.42. The average molecular weight is 513 g/mol. The van der Waals surface area contributed by atoms with E-state index in [4.69, 9.17) is 4.74 Å². The molecule has 2 atom stereocenters. The lowest BCUT2D eigenvalue weighted by molar-refractivity contribution is -0.137. The predicted molar refractivity (Wildman–Crippen MR) is 145 cm³/mol. The maximum Gasteiger partial charge on any atom is 0.253 e. The average Bonchev–Trinajstić information content (AvgIpc) is 2.91.